The number of aromatic nitrogens is 2. The summed E-state index contributed by atoms with van der Waals surface area (Å²) in [4.78, 5) is 18.8. The van der Waals surface area contributed by atoms with Crippen LogP contribution in [-0.4, -0.2) is 16.0 Å². The van der Waals surface area contributed by atoms with Crippen LogP contribution in [0.5, 0.6) is 0 Å². The fourth-order valence-electron chi connectivity index (χ4n) is 1.53. The highest BCUT2D eigenvalue weighted by atomic mass is 32.1. The largest absolute Gasteiger partial charge is 0.308 e. The first-order valence-electron chi connectivity index (χ1n) is 5.34. The van der Waals surface area contributed by atoms with Crippen molar-refractivity contribution in [3.63, 3.8) is 0 Å². The van der Waals surface area contributed by atoms with Gasteiger partial charge in [-0.1, -0.05) is 0 Å². The number of hydrogen-bond acceptors (Lipinski definition) is 4. The van der Waals surface area contributed by atoms with Crippen molar-refractivity contribution in [2.75, 3.05) is 0 Å². The van der Waals surface area contributed by atoms with Gasteiger partial charge in [0.2, 0.25) is 0 Å². The Kier molecular flexibility index (Phi) is 3.57. The van der Waals surface area contributed by atoms with Crippen molar-refractivity contribution in [2.24, 2.45) is 0 Å². The predicted octanol–water partition coefficient (Wildman–Crippen LogP) is 1.49. The van der Waals surface area contributed by atoms with Crippen LogP contribution < -0.4 is 10.9 Å². The summed E-state index contributed by atoms with van der Waals surface area (Å²) in [5.74, 6) is 3.23. The van der Waals surface area contributed by atoms with Gasteiger partial charge in [0.1, 0.15) is 10.5 Å². The molecule has 0 aliphatic heterocycles. The Bertz CT molecular complexity index is 608. The van der Waals surface area contributed by atoms with Crippen molar-refractivity contribution in [1.82, 2.24) is 15.3 Å². The first-order valence-corrected chi connectivity index (χ1v) is 6.22. The molecule has 1 atom stereocenters. The summed E-state index contributed by atoms with van der Waals surface area (Å²) in [6.07, 6.45) is 5.88. The molecule has 0 saturated carbocycles. The smallest absolute Gasteiger partial charge is 0.268 e. The number of thiophene rings is 1. The van der Waals surface area contributed by atoms with Gasteiger partial charge in [0.05, 0.1) is 12.1 Å². The average molecular weight is 247 g/mol. The molecule has 2 aromatic rings. The maximum Gasteiger partial charge on any atom is 0.268 e. The molecule has 0 aromatic carbocycles. The highest BCUT2D eigenvalue weighted by Gasteiger charge is 2.05. The van der Waals surface area contributed by atoms with E-state index in [1.54, 1.807) is 0 Å². The highest BCUT2D eigenvalue weighted by molar-refractivity contribution is 7.17. The van der Waals surface area contributed by atoms with Crippen LogP contribution in [0.4, 0.5) is 0 Å². The Morgan fingerprint density at radius 3 is 3.29 bits per heavy atom. The van der Waals surface area contributed by atoms with E-state index in [0.717, 1.165) is 5.52 Å². The molecule has 0 aliphatic rings. The van der Waals surface area contributed by atoms with Gasteiger partial charge in [0.25, 0.3) is 5.56 Å². The number of rotatable bonds is 4. The number of fused-ring (bicyclic) bond motifs is 1. The minimum absolute atomic E-state index is 0.0774. The molecule has 0 spiro atoms. The molecule has 0 fully saturated rings. The second-order valence-corrected chi connectivity index (χ2v) is 4.75. The SMILES string of the molecule is C#CCC(C)NCc1nc2ccsc2c(=O)[nH]1. The second kappa shape index (κ2) is 5.13. The summed E-state index contributed by atoms with van der Waals surface area (Å²) in [5, 5.41) is 5.08. The Morgan fingerprint density at radius 2 is 2.53 bits per heavy atom. The lowest BCUT2D eigenvalue weighted by Gasteiger charge is -2.09. The lowest BCUT2D eigenvalue weighted by molar-refractivity contribution is 0.546. The van der Waals surface area contributed by atoms with E-state index in [1.807, 2.05) is 18.4 Å². The summed E-state index contributed by atoms with van der Waals surface area (Å²) in [5.41, 5.74) is 0.673. The number of aromatic amines is 1. The summed E-state index contributed by atoms with van der Waals surface area (Å²) in [7, 11) is 0. The van der Waals surface area contributed by atoms with Crippen molar-refractivity contribution in [1.29, 1.82) is 0 Å². The van der Waals surface area contributed by atoms with Crippen LogP contribution in [0, 0.1) is 12.3 Å². The van der Waals surface area contributed by atoms with E-state index in [0.29, 0.717) is 23.5 Å². The minimum Gasteiger partial charge on any atom is -0.308 e. The molecule has 2 rings (SSSR count). The van der Waals surface area contributed by atoms with Gasteiger partial charge in [-0.25, -0.2) is 4.98 Å². The molecule has 5 heteroatoms. The number of nitrogens with zero attached hydrogens (tertiary/aromatic N) is 1. The van der Waals surface area contributed by atoms with Gasteiger partial charge >= 0.3 is 0 Å². The van der Waals surface area contributed by atoms with Crippen LogP contribution in [0.15, 0.2) is 16.2 Å². The Morgan fingerprint density at radius 1 is 1.71 bits per heavy atom. The first-order chi connectivity index (χ1) is 8.20. The van der Waals surface area contributed by atoms with Crippen LogP contribution in [0.1, 0.15) is 19.2 Å². The van der Waals surface area contributed by atoms with Crippen LogP contribution in [0.2, 0.25) is 0 Å². The third kappa shape index (κ3) is 2.73. The number of H-pyrrole nitrogens is 1. The minimum atomic E-state index is -0.0774. The molecule has 17 heavy (non-hydrogen) atoms. The average Bonchev–Trinajstić information content (AvgIpc) is 2.75. The normalized spacial score (nSPS) is 12.5. The van der Waals surface area contributed by atoms with Gasteiger partial charge in [-0.2, -0.15) is 0 Å². The lowest BCUT2D eigenvalue weighted by Crippen LogP contribution is -2.27. The Labute approximate surface area is 103 Å². The fourth-order valence-corrected chi connectivity index (χ4v) is 2.25. The molecule has 0 amide bonds. The maximum absolute atomic E-state index is 11.7. The van der Waals surface area contributed by atoms with Gasteiger partial charge in [-0.05, 0) is 18.4 Å². The van der Waals surface area contributed by atoms with Gasteiger partial charge < -0.3 is 10.3 Å². The molecular formula is C12H13N3OS. The highest BCUT2D eigenvalue weighted by Crippen LogP contribution is 2.13. The molecular weight excluding hydrogens is 234 g/mol. The second-order valence-electron chi connectivity index (χ2n) is 3.84. The zero-order valence-electron chi connectivity index (χ0n) is 9.49. The van der Waals surface area contributed by atoms with Crippen molar-refractivity contribution in [3.8, 4) is 12.3 Å². The number of nitrogens with one attached hydrogen (secondary N) is 2. The van der Waals surface area contributed by atoms with E-state index in [1.165, 1.54) is 11.3 Å². The van der Waals surface area contributed by atoms with E-state index >= 15 is 0 Å². The van der Waals surface area contributed by atoms with Gasteiger partial charge in [0.15, 0.2) is 0 Å². The molecule has 1 unspecified atom stereocenters. The summed E-state index contributed by atoms with van der Waals surface area (Å²) < 4.78 is 0.672. The Hall–Kier alpha value is -1.64. The third-order valence-corrected chi connectivity index (χ3v) is 3.31. The van der Waals surface area contributed by atoms with E-state index in [2.05, 4.69) is 21.2 Å². The van der Waals surface area contributed by atoms with Gasteiger partial charge in [-0.15, -0.1) is 23.7 Å². The Balaban J connectivity index is 2.14. The fraction of sp³-hybridized carbons (Fsp3) is 0.333. The predicted molar refractivity (Wildman–Crippen MR) is 70.0 cm³/mol. The summed E-state index contributed by atoms with van der Waals surface area (Å²) >= 11 is 1.40. The van der Waals surface area contributed by atoms with E-state index in [4.69, 9.17) is 6.42 Å². The lowest BCUT2D eigenvalue weighted by atomic mass is 10.2. The first kappa shape index (κ1) is 11.8. The molecule has 0 bridgehead atoms. The molecule has 88 valence electrons. The molecule has 2 N–H and O–H groups in total. The van der Waals surface area contributed by atoms with Crippen LogP contribution in [0.25, 0.3) is 10.2 Å². The van der Waals surface area contributed by atoms with Gasteiger partial charge in [0, 0.05) is 12.5 Å². The van der Waals surface area contributed by atoms with Crippen LogP contribution >= 0.6 is 11.3 Å². The van der Waals surface area contributed by atoms with E-state index < -0.39 is 0 Å². The summed E-state index contributed by atoms with van der Waals surface area (Å²) in [6, 6.07) is 2.06. The topological polar surface area (TPSA) is 57.8 Å². The quantitative estimate of drug-likeness (QED) is 0.805. The summed E-state index contributed by atoms with van der Waals surface area (Å²) in [6.45, 7) is 2.52. The standard InChI is InChI=1S/C12H13N3OS/c1-3-4-8(2)13-7-10-14-9-5-6-17-11(9)12(16)15-10/h1,5-6,8,13H,4,7H2,2H3,(H,14,15,16). The molecule has 2 aromatic heterocycles. The zero-order valence-corrected chi connectivity index (χ0v) is 10.3. The number of terminal acetylenes is 1. The third-order valence-electron chi connectivity index (χ3n) is 2.41. The van der Waals surface area contributed by atoms with Crippen molar-refractivity contribution in [2.45, 2.75) is 25.9 Å². The maximum atomic E-state index is 11.7. The monoisotopic (exact) mass is 247 g/mol. The molecule has 4 nitrogen and oxygen atoms in total. The van der Waals surface area contributed by atoms with E-state index in [9.17, 15) is 4.79 Å². The number of hydrogen-bond donors (Lipinski definition) is 2. The van der Waals surface area contributed by atoms with Crippen molar-refractivity contribution < 1.29 is 0 Å². The zero-order chi connectivity index (χ0) is 12.3. The van der Waals surface area contributed by atoms with Gasteiger partial charge in [-0.3, -0.25) is 4.79 Å². The molecule has 0 radical (unpaired) electrons. The molecule has 2 heterocycles. The molecule has 0 aliphatic carbocycles. The van der Waals surface area contributed by atoms with E-state index in [-0.39, 0.29) is 11.6 Å². The van der Waals surface area contributed by atoms with Crippen LogP contribution in [-0.2, 0) is 6.54 Å². The van der Waals surface area contributed by atoms with Crippen molar-refractivity contribution >= 4 is 21.6 Å². The van der Waals surface area contributed by atoms with Crippen LogP contribution in [0.3, 0.4) is 0 Å². The van der Waals surface area contributed by atoms with Crippen molar-refractivity contribution in [3.05, 3.63) is 27.6 Å². The molecule has 0 saturated heterocycles.